The summed E-state index contributed by atoms with van der Waals surface area (Å²) >= 11 is 1.44. The van der Waals surface area contributed by atoms with Crippen LogP contribution in [0.15, 0.2) is 53.4 Å². The van der Waals surface area contributed by atoms with Gasteiger partial charge >= 0.3 is 0 Å². The number of hydrogen-bond donors (Lipinski definition) is 0. The Morgan fingerprint density at radius 1 is 0.931 bits per heavy atom. The second kappa shape index (κ2) is 9.18. The summed E-state index contributed by atoms with van der Waals surface area (Å²) < 4.78 is 10.6. The zero-order valence-corrected chi connectivity index (χ0v) is 17.9. The number of imide groups is 1. The van der Waals surface area contributed by atoms with Gasteiger partial charge in [0.2, 0.25) is 0 Å². The lowest BCUT2D eigenvalue weighted by molar-refractivity contribution is -0.136. The first-order valence-corrected chi connectivity index (χ1v) is 10.4. The van der Waals surface area contributed by atoms with Gasteiger partial charge in [0.25, 0.3) is 11.8 Å². The van der Waals surface area contributed by atoms with Gasteiger partial charge < -0.3 is 9.47 Å². The largest absolute Gasteiger partial charge is 0.493 e. The molecule has 0 unspecified atom stereocenters. The summed E-state index contributed by atoms with van der Waals surface area (Å²) in [5.74, 6) is 0.828. The number of hydrogen-bond acceptors (Lipinski definition) is 5. The van der Waals surface area contributed by atoms with Gasteiger partial charge in [0.15, 0.2) is 11.5 Å². The van der Waals surface area contributed by atoms with Crippen LogP contribution in [0.1, 0.15) is 25.0 Å². The zero-order valence-electron chi connectivity index (χ0n) is 17.1. The van der Waals surface area contributed by atoms with Crippen molar-refractivity contribution in [1.29, 1.82) is 0 Å². The molecule has 1 heterocycles. The molecule has 0 radical (unpaired) electrons. The topological polar surface area (TPSA) is 55.8 Å². The predicted molar refractivity (Wildman–Crippen MR) is 116 cm³/mol. The third kappa shape index (κ3) is 4.48. The summed E-state index contributed by atoms with van der Waals surface area (Å²) in [6, 6.07) is 15.0. The maximum Gasteiger partial charge on any atom is 0.268 e. The molecule has 6 heteroatoms. The van der Waals surface area contributed by atoms with E-state index in [0.29, 0.717) is 34.9 Å². The minimum Gasteiger partial charge on any atom is -0.493 e. The van der Waals surface area contributed by atoms with Crippen LogP contribution >= 0.6 is 11.8 Å². The van der Waals surface area contributed by atoms with Gasteiger partial charge in [-0.1, -0.05) is 50.2 Å². The van der Waals surface area contributed by atoms with E-state index in [1.807, 2.05) is 62.4 Å². The van der Waals surface area contributed by atoms with Crippen molar-refractivity contribution in [3.8, 4) is 11.5 Å². The van der Waals surface area contributed by atoms with Crippen LogP contribution in [0.4, 0.5) is 0 Å². The van der Waals surface area contributed by atoms with Crippen LogP contribution in [0.3, 0.4) is 0 Å². The molecule has 5 nitrogen and oxygen atoms in total. The maximum absolute atomic E-state index is 13.1. The van der Waals surface area contributed by atoms with Crippen LogP contribution in [-0.2, 0) is 16.0 Å². The second-order valence-electron chi connectivity index (χ2n) is 6.94. The Morgan fingerprint density at radius 2 is 1.62 bits per heavy atom. The lowest BCUT2D eigenvalue weighted by Crippen LogP contribution is -2.33. The molecular formula is C23H25NO4S. The molecule has 3 rings (SSSR count). The number of amides is 2. The quantitative estimate of drug-likeness (QED) is 0.611. The van der Waals surface area contributed by atoms with E-state index in [2.05, 4.69) is 0 Å². The predicted octanol–water partition coefficient (Wildman–Crippen LogP) is 4.17. The molecule has 2 aromatic rings. The third-order valence-corrected chi connectivity index (χ3v) is 5.70. The molecule has 2 amide bonds. The number of thioether (sulfide) groups is 1. The summed E-state index contributed by atoms with van der Waals surface area (Å²) in [7, 11) is 3.17. The Bertz CT molecular complexity index is 937. The zero-order chi connectivity index (χ0) is 21.0. The lowest BCUT2D eigenvalue weighted by atomic mass is 10.1. The first-order chi connectivity index (χ1) is 14.0. The van der Waals surface area contributed by atoms with Gasteiger partial charge in [0.05, 0.1) is 24.7 Å². The molecule has 0 bridgehead atoms. The molecule has 29 heavy (non-hydrogen) atoms. The van der Waals surface area contributed by atoms with E-state index >= 15 is 0 Å². The van der Waals surface area contributed by atoms with Crippen LogP contribution in [-0.4, -0.2) is 42.7 Å². The second-order valence-corrected chi connectivity index (χ2v) is 8.52. The Morgan fingerprint density at radius 3 is 2.24 bits per heavy atom. The number of carbonyl (C=O) groups is 2. The van der Waals surface area contributed by atoms with Crippen molar-refractivity contribution in [1.82, 2.24) is 4.90 Å². The molecule has 2 aromatic carbocycles. The molecule has 152 valence electrons. The fourth-order valence-electron chi connectivity index (χ4n) is 3.24. The highest BCUT2D eigenvalue weighted by atomic mass is 32.2. The minimum atomic E-state index is -0.232. The number of carbonyl (C=O) groups excluding carboxylic acids is 2. The Balaban J connectivity index is 1.83. The Kier molecular flexibility index (Phi) is 6.64. The van der Waals surface area contributed by atoms with Crippen molar-refractivity contribution >= 4 is 29.1 Å². The first kappa shape index (κ1) is 21.0. The summed E-state index contributed by atoms with van der Waals surface area (Å²) in [4.78, 5) is 28.1. The minimum absolute atomic E-state index is 0.200. The summed E-state index contributed by atoms with van der Waals surface area (Å²) in [6.45, 7) is 4.35. The van der Waals surface area contributed by atoms with E-state index in [1.165, 1.54) is 16.7 Å². The van der Waals surface area contributed by atoms with Crippen molar-refractivity contribution < 1.29 is 19.1 Å². The molecule has 0 N–H and O–H groups in total. The number of ether oxygens (including phenoxy) is 2. The number of benzene rings is 2. The van der Waals surface area contributed by atoms with Crippen LogP contribution in [0.25, 0.3) is 5.57 Å². The van der Waals surface area contributed by atoms with Crippen molar-refractivity contribution in [2.24, 2.45) is 0 Å². The summed E-state index contributed by atoms with van der Waals surface area (Å²) in [6.07, 6.45) is 0.541. The van der Waals surface area contributed by atoms with Crippen molar-refractivity contribution in [2.45, 2.75) is 25.5 Å². The van der Waals surface area contributed by atoms with Crippen molar-refractivity contribution in [2.75, 3.05) is 20.8 Å². The number of nitrogens with zero attached hydrogens (tertiary/aromatic N) is 1. The molecule has 0 aromatic heterocycles. The standard InChI is InChI=1S/C23H25NO4S/c1-15(2)29-21-20(17-8-6-5-7-9-17)22(25)24(23(21)26)13-12-16-10-11-18(27-3)19(14-16)28-4/h5-11,14-15H,12-13H2,1-4H3. The lowest BCUT2D eigenvalue weighted by Gasteiger charge is -2.16. The highest BCUT2D eigenvalue weighted by Gasteiger charge is 2.39. The monoisotopic (exact) mass is 411 g/mol. The summed E-state index contributed by atoms with van der Waals surface area (Å²) in [5, 5.41) is 0.200. The fourth-order valence-corrected chi connectivity index (χ4v) is 4.24. The molecule has 0 aliphatic carbocycles. The average molecular weight is 412 g/mol. The van der Waals surface area contributed by atoms with E-state index in [4.69, 9.17) is 9.47 Å². The number of methoxy groups -OCH3 is 2. The molecule has 1 aliphatic heterocycles. The fraction of sp³-hybridized carbons (Fsp3) is 0.304. The van der Waals surface area contributed by atoms with E-state index in [0.717, 1.165) is 11.1 Å². The first-order valence-electron chi connectivity index (χ1n) is 9.49. The summed E-state index contributed by atoms with van der Waals surface area (Å²) in [5.41, 5.74) is 2.25. The SMILES string of the molecule is COc1ccc(CCN2C(=O)C(SC(C)C)=C(c3ccccc3)C2=O)cc1OC. The van der Waals surface area contributed by atoms with Crippen LogP contribution < -0.4 is 9.47 Å². The molecule has 1 aliphatic rings. The molecule has 0 fully saturated rings. The highest BCUT2D eigenvalue weighted by molar-refractivity contribution is 8.04. The van der Waals surface area contributed by atoms with E-state index in [1.54, 1.807) is 14.2 Å². The Labute approximate surface area is 175 Å². The molecule has 0 spiro atoms. The number of rotatable bonds is 8. The molecule has 0 saturated heterocycles. The maximum atomic E-state index is 13.1. The van der Waals surface area contributed by atoms with Crippen LogP contribution in [0.2, 0.25) is 0 Å². The van der Waals surface area contributed by atoms with Gasteiger partial charge in [-0.05, 0) is 29.7 Å². The molecule has 0 saturated carbocycles. The normalized spacial score (nSPS) is 14.2. The van der Waals surface area contributed by atoms with Gasteiger partial charge in [-0.3, -0.25) is 14.5 Å². The van der Waals surface area contributed by atoms with Gasteiger partial charge in [-0.15, -0.1) is 11.8 Å². The smallest absolute Gasteiger partial charge is 0.268 e. The van der Waals surface area contributed by atoms with Gasteiger partial charge in [0, 0.05) is 11.8 Å². The van der Waals surface area contributed by atoms with Crippen molar-refractivity contribution in [3.05, 3.63) is 64.6 Å². The van der Waals surface area contributed by atoms with Crippen LogP contribution in [0, 0.1) is 0 Å². The molecular weight excluding hydrogens is 386 g/mol. The van der Waals surface area contributed by atoms with E-state index in [-0.39, 0.29) is 17.1 Å². The average Bonchev–Trinajstić information content (AvgIpc) is 2.95. The highest BCUT2D eigenvalue weighted by Crippen LogP contribution is 2.38. The Hall–Kier alpha value is -2.73. The van der Waals surface area contributed by atoms with Gasteiger partial charge in [-0.25, -0.2) is 0 Å². The van der Waals surface area contributed by atoms with Gasteiger partial charge in [-0.2, -0.15) is 0 Å². The van der Waals surface area contributed by atoms with Crippen LogP contribution in [0.5, 0.6) is 11.5 Å². The molecule has 0 atom stereocenters. The third-order valence-electron chi connectivity index (χ3n) is 4.61. The van der Waals surface area contributed by atoms with Crippen molar-refractivity contribution in [3.63, 3.8) is 0 Å². The van der Waals surface area contributed by atoms with E-state index in [9.17, 15) is 9.59 Å². The van der Waals surface area contributed by atoms with E-state index < -0.39 is 0 Å². The van der Waals surface area contributed by atoms with Gasteiger partial charge in [0.1, 0.15) is 0 Å².